The number of hydrogen-bond donors (Lipinski definition) is 2. The number of H-pyrrole nitrogens is 1. The van der Waals surface area contributed by atoms with Gasteiger partial charge in [0.25, 0.3) is 5.91 Å². The lowest BCUT2D eigenvalue weighted by Crippen LogP contribution is -2.41. The lowest BCUT2D eigenvalue weighted by atomic mass is 10.1. The zero-order chi connectivity index (χ0) is 18.3. The third kappa shape index (κ3) is 2.86. The van der Waals surface area contributed by atoms with Crippen molar-refractivity contribution < 1.29 is 9.59 Å². The smallest absolute Gasteiger partial charge is 0.251 e. The van der Waals surface area contributed by atoms with E-state index in [0.29, 0.717) is 18.5 Å². The van der Waals surface area contributed by atoms with Crippen molar-refractivity contribution in [2.24, 2.45) is 0 Å². The highest BCUT2D eigenvalue weighted by atomic mass is 16.2. The Morgan fingerprint density at radius 1 is 1.12 bits per heavy atom. The first-order chi connectivity index (χ1) is 12.5. The van der Waals surface area contributed by atoms with Crippen molar-refractivity contribution in [3.8, 4) is 0 Å². The average Bonchev–Trinajstić information content (AvgIpc) is 3.24. The van der Waals surface area contributed by atoms with Crippen LogP contribution in [0.25, 0.3) is 10.9 Å². The van der Waals surface area contributed by atoms with Crippen LogP contribution in [0.15, 0.2) is 48.7 Å². The molecular formula is C21H21N3O2. The number of aromatic amines is 1. The first-order valence-electron chi connectivity index (χ1n) is 8.79. The monoisotopic (exact) mass is 347 g/mol. The number of carbonyl (C=O) groups is 2. The Bertz CT molecular complexity index is 1010. The van der Waals surface area contributed by atoms with E-state index < -0.39 is 6.04 Å². The van der Waals surface area contributed by atoms with E-state index >= 15 is 0 Å². The van der Waals surface area contributed by atoms with Crippen LogP contribution in [0.2, 0.25) is 0 Å². The van der Waals surface area contributed by atoms with Crippen molar-refractivity contribution in [3.05, 3.63) is 65.4 Å². The Morgan fingerprint density at radius 2 is 1.96 bits per heavy atom. The van der Waals surface area contributed by atoms with Gasteiger partial charge in [-0.1, -0.05) is 6.07 Å². The number of fused-ring (bicyclic) bond motifs is 1. The van der Waals surface area contributed by atoms with E-state index in [9.17, 15) is 9.59 Å². The molecule has 1 fully saturated rings. The number of amides is 2. The van der Waals surface area contributed by atoms with Crippen molar-refractivity contribution in [2.45, 2.75) is 26.3 Å². The lowest BCUT2D eigenvalue weighted by molar-refractivity contribution is -0.118. The molecule has 2 amide bonds. The summed E-state index contributed by atoms with van der Waals surface area (Å²) in [5.41, 5.74) is 4.80. The van der Waals surface area contributed by atoms with E-state index in [1.807, 2.05) is 49.5 Å². The van der Waals surface area contributed by atoms with Gasteiger partial charge in [-0.15, -0.1) is 0 Å². The number of nitrogens with one attached hydrogen (secondary N) is 2. The third-order valence-corrected chi connectivity index (χ3v) is 5.13. The van der Waals surface area contributed by atoms with Crippen LogP contribution in [-0.2, 0) is 4.79 Å². The van der Waals surface area contributed by atoms with Gasteiger partial charge < -0.3 is 15.2 Å². The van der Waals surface area contributed by atoms with Crippen LogP contribution in [-0.4, -0.2) is 29.4 Å². The molecule has 1 aliphatic heterocycles. The van der Waals surface area contributed by atoms with Gasteiger partial charge in [0.15, 0.2) is 0 Å². The summed E-state index contributed by atoms with van der Waals surface area (Å²) in [5.74, 6) is -0.266. The first-order valence-corrected chi connectivity index (χ1v) is 8.79. The maximum absolute atomic E-state index is 12.7. The first kappa shape index (κ1) is 16.4. The van der Waals surface area contributed by atoms with Crippen LogP contribution in [0.4, 0.5) is 5.69 Å². The molecule has 2 aromatic carbocycles. The number of aryl methyl sites for hydroxylation is 2. The average molecular weight is 347 g/mol. The molecule has 26 heavy (non-hydrogen) atoms. The van der Waals surface area contributed by atoms with Gasteiger partial charge in [0, 0.05) is 34.9 Å². The highest BCUT2D eigenvalue weighted by molar-refractivity contribution is 6.04. The number of nitrogens with zero attached hydrogens (tertiary/aromatic N) is 1. The second-order valence-corrected chi connectivity index (χ2v) is 6.85. The SMILES string of the molecule is Cc1ccc(N2CCC(NC(=O)c3ccc4[nH]ccc4c3)C2=O)cc1C. The predicted octanol–water partition coefficient (Wildman–Crippen LogP) is 3.32. The van der Waals surface area contributed by atoms with Gasteiger partial charge >= 0.3 is 0 Å². The van der Waals surface area contributed by atoms with E-state index in [-0.39, 0.29) is 11.8 Å². The second-order valence-electron chi connectivity index (χ2n) is 6.85. The molecule has 0 spiro atoms. The van der Waals surface area contributed by atoms with Crippen LogP contribution < -0.4 is 10.2 Å². The fourth-order valence-corrected chi connectivity index (χ4v) is 3.40. The van der Waals surface area contributed by atoms with E-state index in [2.05, 4.69) is 17.2 Å². The van der Waals surface area contributed by atoms with Gasteiger partial charge in [0.05, 0.1) is 0 Å². The molecule has 1 aromatic heterocycles. The lowest BCUT2D eigenvalue weighted by Gasteiger charge is -2.18. The van der Waals surface area contributed by atoms with Gasteiger partial charge in [-0.2, -0.15) is 0 Å². The molecule has 1 unspecified atom stereocenters. The fourth-order valence-electron chi connectivity index (χ4n) is 3.40. The number of aromatic nitrogens is 1. The summed E-state index contributed by atoms with van der Waals surface area (Å²) in [7, 11) is 0. The van der Waals surface area contributed by atoms with Crippen LogP contribution in [0, 0.1) is 13.8 Å². The zero-order valence-electron chi connectivity index (χ0n) is 14.9. The minimum Gasteiger partial charge on any atom is -0.361 e. The van der Waals surface area contributed by atoms with Crippen LogP contribution in [0.5, 0.6) is 0 Å². The molecule has 1 aliphatic rings. The Balaban J connectivity index is 1.49. The summed E-state index contributed by atoms with van der Waals surface area (Å²) in [5, 5.41) is 3.87. The molecule has 0 aliphatic carbocycles. The maximum Gasteiger partial charge on any atom is 0.251 e. The van der Waals surface area contributed by atoms with Crippen molar-refractivity contribution in [3.63, 3.8) is 0 Å². The molecule has 1 atom stereocenters. The van der Waals surface area contributed by atoms with E-state index in [4.69, 9.17) is 0 Å². The van der Waals surface area contributed by atoms with Crippen molar-refractivity contribution in [1.29, 1.82) is 0 Å². The molecular weight excluding hydrogens is 326 g/mol. The normalized spacial score (nSPS) is 17.1. The summed E-state index contributed by atoms with van der Waals surface area (Å²) in [4.78, 5) is 30.2. The molecule has 132 valence electrons. The Kier molecular flexibility index (Phi) is 3.99. The number of benzene rings is 2. The molecule has 4 rings (SSSR count). The molecule has 1 saturated heterocycles. The minimum atomic E-state index is -0.481. The van der Waals surface area contributed by atoms with E-state index in [0.717, 1.165) is 22.2 Å². The fraction of sp³-hybridized carbons (Fsp3) is 0.238. The summed E-state index contributed by atoms with van der Waals surface area (Å²) in [6, 6.07) is 12.9. The molecule has 5 heteroatoms. The Labute approximate surface area is 152 Å². The minimum absolute atomic E-state index is 0.0516. The van der Waals surface area contributed by atoms with Gasteiger partial charge in [-0.05, 0) is 67.8 Å². The molecule has 5 nitrogen and oxygen atoms in total. The zero-order valence-corrected chi connectivity index (χ0v) is 14.9. The van der Waals surface area contributed by atoms with Crippen molar-refractivity contribution >= 4 is 28.4 Å². The summed E-state index contributed by atoms with van der Waals surface area (Å²) < 4.78 is 0. The molecule has 2 heterocycles. The molecule has 0 bridgehead atoms. The maximum atomic E-state index is 12.7. The number of anilines is 1. The highest BCUT2D eigenvalue weighted by Gasteiger charge is 2.33. The number of rotatable bonds is 3. The predicted molar refractivity (Wildman–Crippen MR) is 102 cm³/mol. The van der Waals surface area contributed by atoms with Crippen LogP contribution in [0.1, 0.15) is 27.9 Å². The summed E-state index contributed by atoms with van der Waals surface area (Å²) in [6.45, 7) is 4.70. The number of carbonyl (C=O) groups excluding carboxylic acids is 2. The van der Waals surface area contributed by atoms with Crippen LogP contribution in [0.3, 0.4) is 0 Å². The Morgan fingerprint density at radius 3 is 2.77 bits per heavy atom. The van der Waals surface area contributed by atoms with E-state index in [1.54, 1.807) is 11.0 Å². The second kappa shape index (κ2) is 6.33. The van der Waals surface area contributed by atoms with Gasteiger partial charge in [-0.25, -0.2) is 0 Å². The standard InChI is InChI=1S/C21H21N3O2/c1-13-3-5-17(11-14(13)2)24-10-8-19(21(24)26)23-20(25)16-4-6-18-15(12-16)7-9-22-18/h3-7,9,11-12,19,22H,8,10H2,1-2H3,(H,23,25). The third-order valence-electron chi connectivity index (χ3n) is 5.13. The number of hydrogen-bond acceptors (Lipinski definition) is 2. The highest BCUT2D eigenvalue weighted by Crippen LogP contribution is 2.24. The molecule has 3 aromatic rings. The quantitative estimate of drug-likeness (QED) is 0.763. The molecule has 0 radical (unpaired) electrons. The summed E-state index contributed by atoms with van der Waals surface area (Å²) in [6.07, 6.45) is 2.46. The van der Waals surface area contributed by atoms with Crippen LogP contribution >= 0.6 is 0 Å². The van der Waals surface area contributed by atoms with Crippen molar-refractivity contribution in [1.82, 2.24) is 10.3 Å². The molecule has 2 N–H and O–H groups in total. The van der Waals surface area contributed by atoms with Gasteiger partial charge in [0.2, 0.25) is 5.91 Å². The van der Waals surface area contributed by atoms with E-state index in [1.165, 1.54) is 5.56 Å². The van der Waals surface area contributed by atoms with Crippen molar-refractivity contribution in [2.75, 3.05) is 11.4 Å². The largest absolute Gasteiger partial charge is 0.361 e. The molecule has 0 saturated carbocycles. The Hall–Kier alpha value is -3.08. The van der Waals surface area contributed by atoms with Gasteiger partial charge in [-0.3, -0.25) is 9.59 Å². The summed E-state index contributed by atoms with van der Waals surface area (Å²) >= 11 is 0. The van der Waals surface area contributed by atoms with Gasteiger partial charge in [0.1, 0.15) is 6.04 Å². The topological polar surface area (TPSA) is 65.2 Å².